The number of carbonyl (C=O) groups excluding carboxylic acids is 1. The van der Waals surface area contributed by atoms with E-state index in [2.05, 4.69) is 6.92 Å². The number of rotatable bonds is 4. The third-order valence-corrected chi connectivity index (χ3v) is 2.53. The van der Waals surface area contributed by atoms with Crippen molar-refractivity contribution in [1.29, 1.82) is 0 Å². The molecule has 0 unspecified atom stereocenters. The minimum atomic E-state index is -0.267. The van der Waals surface area contributed by atoms with Crippen molar-refractivity contribution in [3.8, 4) is 0 Å². The molecular weight excluding hydrogens is 191 g/mol. The summed E-state index contributed by atoms with van der Waals surface area (Å²) in [4.78, 5) is 11.8. The zero-order valence-electron chi connectivity index (χ0n) is 9.56. The number of ketones is 1. The molecule has 0 heterocycles. The summed E-state index contributed by atoms with van der Waals surface area (Å²) in [5, 5.41) is 0. The van der Waals surface area contributed by atoms with Crippen LogP contribution in [0.2, 0.25) is 0 Å². The van der Waals surface area contributed by atoms with E-state index in [0.717, 1.165) is 24.0 Å². The van der Waals surface area contributed by atoms with E-state index in [1.807, 2.05) is 0 Å². The fraction of sp³-hybridized carbons (Fsp3) is 0.462. The standard InChI is InChI=1S/C13H17FO/c1-4-5-6-12(15)13-9(2)7-11(14)8-10(13)3/h7-8H,4-6H2,1-3H3. The maximum atomic E-state index is 13.0. The molecule has 0 aliphatic carbocycles. The highest BCUT2D eigenvalue weighted by Crippen LogP contribution is 2.18. The molecule has 0 amide bonds. The lowest BCUT2D eigenvalue weighted by atomic mass is 9.96. The first-order valence-electron chi connectivity index (χ1n) is 5.36. The molecule has 0 atom stereocenters. The highest BCUT2D eigenvalue weighted by molar-refractivity contribution is 5.98. The van der Waals surface area contributed by atoms with Crippen LogP contribution in [-0.4, -0.2) is 5.78 Å². The molecule has 0 bridgehead atoms. The summed E-state index contributed by atoms with van der Waals surface area (Å²) < 4.78 is 13.0. The Kier molecular flexibility index (Phi) is 4.01. The van der Waals surface area contributed by atoms with Crippen LogP contribution >= 0.6 is 0 Å². The molecule has 0 aliphatic heterocycles. The summed E-state index contributed by atoms with van der Waals surface area (Å²) in [5.41, 5.74) is 2.19. The van der Waals surface area contributed by atoms with E-state index in [-0.39, 0.29) is 11.6 Å². The molecule has 1 rings (SSSR count). The summed E-state index contributed by atoms with van der Waals surface area (Å²) in [5.74, 6) is -0.135. The Morgan fingerprint density at radius 3 is 2.27 bits per heavy atom. The van der Waals surface area contributed by atoms with Crippen LogP contribution in [0, 0.1) is 19.7 Å². The highest BCUT2D eigenvalue weighted by atomic mass is 19.1. The molecule has 0 aromatic heterocycles. The van der Waals surface area contributed by atoms with Crippen molar-refractivity contribution in [3.63, 3.8) is 0 Å². The normalized spacial score (nSPS) is 10.4. The number of benzene rings is 1. The number of hydrogen-bond acceptors (Lipinski definition) is 1. The SMILES string of the molecule is CCCCC(=O)c1c(C)cc(F)cc1C. The molecule has 1 aromatic carbocycles. The van der Waals surface area contributed by atoms with E-state index >= 15 is 0 Å². The summed E-state index contributed by atoms with van der Waals surface area (Å²) in [6.07, 6.45) is 2.46. The van der Waals surface area contributed by atoms with Gasteiger partial charge in [-0.1, -0.05) is 13.3 Å². The van der Waals surface area contributed by atoms with Gasteiger partial charge in [-0.3, -0.25) is 4.79 Å². The third-order valence-electron chi connectivity index (χ3n) is 2.53. The Bertz CT molecular complexity index is 346. The van der Waals surface area contributed by atoms with Gasteiger partial charge in [0.05, 0.1) is 0 Å². The zero-order chi connectivity index (χ0) is 11.4. The number of halogens is 1. The molecule has 0 N–H and O–H groups in total. The van der Waals surface area contributed by atoms with E-state index in [9.17, 15) is 9.18 Å². The van der Waals surface area contributed by atoms with Gasteiger partial charge < -0.3 is 0 Å². The van der Waals surface area contributed by atoms with Crippen LogP contribution in [0.5, 0.6) is 0 Å². The maximum absolute atomic E-state index is 13.0. The van der Waals surface area contributed by atoms with Crippen LogP contribution in [0.4, 0.5) is 4.39 Å². The van der Waals surface area contributed by atoms with Crippen LogP contribution in [-0.2, 0) is 0 Å². The number of unbranched alkanes of at least 4 members (excludes halogenated alkanes) is 1. The van der Waals surface area contributed by atoms with E-state index in [4.69, 9.17) is 0 Å². The third kappa shape index (κ3) is 2.88. The molecular formula is C13H17FO. The van der Waals surface area contributed by atoms with Crippen molar-refractivity contribution in [3.05, 3.63) is 34.6 Å². The van der Waals surface area contributed by atoms with Gasteiger partial charge in [-0.05, 0) is 43.5 Å². The lowest BCUT2D eigenvalue weighted by molar-refractivity contribution is 0.0978. The largest absolute Gasteiger partial charge is 0.294 e. The van der Waals surface area contributed by atoms with Crippen LogP contribution in [0.1, 0.15) is 47.7 Å². The zero-order valence-corrected chi connectivity index (χ0v) is 9.56. The maximum Gasteiger partial charge on any atom is 0.163 e. The van der Waals surface area contributed by atoms with E-state index in [0.29, 0.717) is 12.0 Å². The molecule has 2 heteroatoms. The molecule has 1 nitrogen and oxygen atoms in total. The highest BCUT2D eigenvalue weighted by Gasteiger charge is 2.12. The quantitative estimate of drug-likeness (QED) is 0.687. The number of Topliss-reactive ketones (excluding diaryl/α,β-unsaturated/α-hetero) is 1. The smallest absolute Gasteiger partial charge is 0.163 e. The Balaban J connectivity index is 2.98. The second-order valence-corrected chi connectivity index (χ2v) is 3.94. The number of aryl methyl sites for hydroxylation is 2. The molecule has 15 heavy (non-hydrogen) atoms. The van der Waals surface area contributed by atoms with Gasteiger partial charge in [0, 0.05) is 12.0 Å². The van der Waals surface area contributed by atoms with Crippen molar-refractivity contribution in [2.45, 2.75) is 40.0 Å². The van der Waals surface area contributed by atoms with Gasteiger partial charge >= 0.3 is 0 Å². The fourth-order valence-corrected chi connectivity index (χ4v) is 1.81. The van der Waals surface area contributed by atoms with Crippen LogP contribution in [0.25, 0.3) is 0 Å². The van der Waals surface area contributed by atoms with Gasteiger partial charge in [0.1, 0.15) is 5.82 Å². The first-order valence-corrected chi connectivity index (χ1v) is 5.36. The fourth-order valence-electron chi connectivity index (χ4n) is 1.81. The molecule has 0 spiro atoms. The Morgan fingerprint density at radius 1 is 1.27 bits per heavy atom. The number of carbonyl (C=O) groups is 1. The second-order valence-electron chi connectivity index (χ2n) is 3.94. The van der Waals surface area contributed by atoms with Crippen molar-refractivity contribution in [2.24, 2.45) is 0 Å². The van der Waals surface area contributed by atoms with Crippen molar-refractivity contribution in [2.75, 3.05) is 0 Å². The topological polar surface area (TPSA) is 17.1 Å². The van der Waals surface area contributed by atoms with Gasteiger partial charge in [-0.2, -0.15) is 0 Å². The average Bonchev–Trinajstić information content (AvgIpc) is 2.12. The molecule has 1 aromatic rings. The minimum Gasteiger partial charge on any atom is -0.294 e. The number of hydrogen-bond donors (Lipinski definition) is 0. The first-order chi connectivity index (χ1) is 7.06. The summed E-state index contributed by atoms with van der Waals surface area (Å²) >= 11 is 0. The van der Waals surface area contributed by atoms with Gasteiger partial charge in [-0.25, -0.2) is 4.39 Å². The van der Waals surface area contributed by atoms with Gasteiger partial charge in [0.25, 0.3) is 0 Å². The summed E-state index contributed by atoms with van der Waals surface area (Å²) in [6, 6.07) is 2.85. The molecule has 82 valence electrons. The van der Waals surface area contributed by atoms with Crippen LogP contribution in [0.15, 0.2) is 12.1 Å². The minimum absolute atomic E-state index is 0.131. The Morgan fingerprint density at radius 2 is 1.80 bits per heavy atom. The van der Waals surface area contributed by atoms with Crippen LogP contribution < -0.4 is 0 Å². The van der Waals surface area contributed by atoms with Crippen molar-refractivity contribution >= 4 is 5.78 Å². The lowest BCUT2D eigenvalue weighted by Crippen LogP contribution is -2.05. The molecule has 0 radical (unpaired) electrons. The average molecular weight is 208 g/mol. The monoisotopic (exact) mass is 208 g/mol. The first kappa shape index (κ1) is 11.9. The van der Waals surface area contributed by atoms with Crippen LogP contribution in [0.3, 0.4) is 0 Å². The summed E-state index contributed by atoms with van der Waals surface area (Å²) in [6.45, 7) is 5.63. The van der Waals surface area contributed by atoms with Gasteiger partial charge in [-0.15, -0.1) is 0 Å². The predicted molar refractivity (Wildman–Crippen MR) is 59.7 cm³/mol. The predicted octanol–water partition coefficient (Wildman–Crippen LogP) is 3.82. The van der Waals surface area contributed by atoms with E-state index in [1.165, 1.54) is 12.1 Å². The Labute approximate surface area is 90.3 Å². The van der Waals surface area contributed by atoms with Crippen molar-refractivity contribution in [1.82, 2.24) is 0 Å². The van der Waals surface area contributed by atoms with E-state index in [1.54, 1.807) is 13.8 Å². The van der Waals surface area contributed by atoms with E-state index < -0.39 is 0 Å². The summed E-state index contributed by atoms with van der Waals surface area (Å²) in [7, 11) is 0. The second kappa shape index (κ2) is 5.06. The Hall–Kier alpha value is -1.18. The lowest BCUT2D eigenvalue weighted by Gasteiger charge is -2.08. The molecule has 0 saturated carbocycles. The van der Waals surface area contributed by atoms with Gasteiger partial charge in [0.15, 0.2) is 5.78 Å². The molecule has 0 fully saturated rings. The van der Waals surface area contributed by atoms with Crippen molar-refractivity contribution < 1.29 is 9.18 Å². The molecule has 0 saturated heterocycles. The van der Waals surface area contributed by atoms with Gasteiger partial charge in [0.2, 0.25) is 0 Å². The molecule has 0 aliphatic rings.